The molecular weight excluding hydrogens is 188 g/mol. The van der Waals surface area contributed by atoms with E-state index in [-0.39, 0.29) is 5.41 Å². The zero-order chi connectivity index (χ0) is 12.9. The summed E-state index contributed by atoms with van der Waals surface area (Å²) >= 11 is 0. The quantitative estimate of drug-likeness (QED) is 0.532. The van der Waals surface area contributed by atoms with Gasteiger partial charge in [-0.15, -0.1) is 0 Å². The van der Waals surface area contributed by atoms with Gasteiger partial charge in [-0.3, -0.25) is 0 Å². The molecular formula is C11H30N4. The minimum atomic E-state index is -0.554. The molecule has 0 heterocycles. The van der Waals surface area contributed by atoms with E-state index >= 15 is 0 Å². The monoisotopic (exact) mass is 218 g/mol. The highest BCUT2D eigenvalue weighted by atomic mass is 15.0. The Morgan fingerprint density at radius 2 is 1.00 bits per heavy atom. The van der Waals surface area contributed by atoms with E-state index in [1.165, 1.54) is 0 Å². The van der Waals surface area contributed by atoms with Gasteiger partial charge >= 0.3 is 0 Å². The van der Waals surface area contributed by atoms with Gasteiger partial charge < -0.3 is 22.9 Å². The summed E-state index contributed by atoms with van der Waals surface area (Å²) in [7, 11) is 0. The molecule has 0 aliphatic heterocycles. The highest BCUT2D eigenvalue weighted by Crippen LogP contribution is 2.27. The molecule has 0 aromatic heterocycles. The van der Waals surface area contributed by atoms with Crippen LogP contribution in [0.15, 0.2) is 0 Å². The van der Waals surface area contributed by atoms with Gasteiger partial charge in [0.25, 0.3) is 0 Å². The summed E-state index contributed by atoms with van der Waals surface area (Å²) in [5.41, 5.74) is 21.1. The lowest BCUT2D eigenvalue weighted by atomic mass is 9.79. The third kappa shape index (κ3) is 8.81. The Morgan fingerprint density at radius 1 is 0.733 bits per heavy atom. The standard InChI is InChI=1S/C7H18N2.C4H12N2/c1-5-6(2,3)7(4,8)9;1-3-4(2,5)6/h5,8-9H2,1-4H3;3,5-6H2,1-2H3. The summed E-state index contributed by atoms with van der Waals surface area (Å²) in [6.07, 6.45) is 1.84. The largest absolute Gasteiger partial charge is 0.314 e. The van der Waals surface area contributed by atoms with Crippen LogP contribution in [-0.2, 0) is 0 Å². The Hall–Kier alpha value is -0.160. The average molecular weight is 218 g/mol. The van der Waals surface area contributed by atoms with E-state index in [9.17, 15) is 0 Å². The van der Waals surface area contributed by atoms with Crippen molar-refractivity contribution in [1.82, 2.24) is 0 Å². The van der Waals surface area contributed by atoms with Crippen molar-refractivity contribution in [2.24, 2.45) is 28.3 Å². The van der Waals surface area contributed by atoms with Crippen LogP contribution < -0.4 is 22.9 Å². The maximum Gasteiger partial charge on any atom is 0.0659 e. The summed E-state index contributed by atoms with van der Waals surface area (Å²) in [5.74, 6) is 0. The predicted molar refractivity (Wildman–Crippen MR) is 67.9 cm³/mol. The molecule has 94 valence electrons. The second-order valence-electron chi connectivity index (χ2n) is 5.38. The average Bonchev–Trinajstić information content (AvgIpc) is 2.02. The molecule has 0 aliphatic carbocycles. The Labute approximate surface area is 94.8 Å². The number of hydrogen-bond donors (Lipinski definition) is 4. The van der Waals surface area contributed by atoms with Gasteiger partial charge in [-0.2, -0.15) is 0 Å². The third-order valence-electron chi connectivity index (χ3n) is 3.10. The van der Waals surface area contributed by atoms with Crippen molar-refractivity contribution in [3.05, 3.63) is 0 Å². The predicted octanol–water partition coefficient (Wildman–Crippen LogP) is 1.09. The Balaban J connectivity index is 0. The third-order valence-corrected chi connectivity index (χ3v) is 3.10. The molecule has 0 atom stereocenters. The molecule has 0 aromatic carbocycles. The van der Waals surface area contributed by atoms with Gasteiger partial charge in [-0.25, -0.2) is 0 Å². The maximum atomic E-state index is 5.70. The van der Waals surface area contributed by atoms with Crippen molar-refractivity contribution in [3.63, 3.8) is 0 Å². The summed E-state index contributed by atoms with van der Waals surface area (Å²) in [6, 6.07) is 0. The molecule has 0 unspecified atom stereocenters. The summed E-state index contributed by atoms with van der Waals surface area (Å²) in [4.78, 5) is 0. The van der Waals surface area contributed by atoms with E-state index < -0.39 is 11.3 Å². The zero-order valence-electron chi connectivity index (χ0n) is 11.2. The number of rotatable bonds is 3. The van der Waals surface area contributed by atoms with Gasteiger partial charge in [0.1, 0.15) is 0 Å². The first-order valence-electron chi connectivity index (χ1n) is 5.53. The van der Waals surface area contributed by atoms with Crippen molar-refractivity contribution >= 4 is 0 Å². The summed E-state index contributed by atoms with van der Waals surface area (Å²) in [5, 5.41) is 0. The van der Waals surface area contributed by atoms with E-state index in [0.717, 1.165) is 12.8 Å². The van der Waals surface area contributed by atoms with Crippen LogP contribution in [0.5, 0.6) is 0 Å². The van der Waals surface area contributed by atoms with Gasteiger partial charge in [-0.1, -0.05) is 27.7 Å². The zero-order valence-corrected chi connectivity index (χ0v) is 11.2. The highest BCUT2D eigenvalue weighted by molar-refractivity contribution is 4.87. The van der Waals surface area contributed by atoms with E-state index in [1.54, 1.807) is 6.92 Å². The lowest BCUT2D eigenvalue weighted by Crippen LogP contribution is -2.57. The fraction of sp³-hybridized carbons (Fsp3) is 1.00. The maximum absolute atomic E-state index is 5.70. The molecule has 0 amide bonds. The van der Waals surface area contributed by atoms with Gasteiger partial charge in [0.2, 0.25) is 0 Å². The molecule has 0 rings (SSSR count). The Kier molecular flexibility index (Phi) is 6.66. The molecule has 0 saturated carbocycles. The van der Waals surface area contributed by atoms with Gasteiger partial charge in [0.05, 0.1) is 11.3 Å². The van der Waals surface area contributed by atoms with Gasteiger partial charge in [0.15, 0.2) is 0 Å². The fourth-order valence-electron chi connectivity index (χ4n) is 0.381. The molecule has 0 saturated heterocycles. The van der Waals surface area contributed by atoms with Crippen LogP contribution in [-0.4, -0.2) is 11.3 Å². The smallest absolute Gasteiger partial charge is 0.0659 e. The van der Waals surface area contributed by atoms with Crippen LogP contribution in [0.25, 0.3) is 0 Å². The molecule has 4 nitrogen and oxygen atoms in total. The van der Waals surface area contributed by atoms with Gasteiger partial charge in [0, 0.05) is 0 Å². The minimum Gasteiger partial charge on any atom is -0.314 e. The van der Waals surface area contributed by atoms with Crippen LogP contribution in [0.2, 0.25) is 0 Å². The molecule has 8 N–H and O–H groups in total. The van der Waals surface area contributed by atoms with Crippen LogP contribution in [0.1, 0.15) is 54.4 Å². The molecule has 0 bridgehead atoms. The highest BCUT2D eigenvalue weighted by Gasteiger charge is 2.31. The lowest BCUT2D eigenvalue weighted by molar-refractivity contribution is 0.182. The van der Waals surface area contributed by atoms with Gasteiger partial charge in [-0.05, 0) is 32.1 Å². The molecule has 0 radical (unpaired) electrons. The van der Waals surface area contributed by atoms with Crippen LogP contribution >= 0.6 is 0 Å². The Bertz CT molecular complexity index is 162. The molecule has 0 aliphatic rings. The summed E-state index contributed by atoms with van der Waals surface area (Å²) < 4.78 is 0. The van der Waals surface area contributed by atoms with Crippen molar-refractivity contribution in [2.45, 2.75) is 65.7 Å². The molecule has 0 aromatic rings. The minimum absolute atomic E-state index is 0.0347. The second kappa shape index (κ2) is 5.80. The fourth-order valence-corrected chi connectivity index (χ4v) is 0.381. The van der Waals surface area contributed by atoms with Crippen LogP contribution in [0.4, 0.5) is 0 Å². The van der Waals surface area contributed by atoms with Crippen molar-refractivity contribution in [1.29, 1.82) is 0 Å². The van der Waals surface area contributed by atoms with E-state index in [4.69, 9.17) is 22.9 Å². The molecule has 0 spiro atoms. The lowest BCUT2D eigenvalue weighted by Gasteiger charge is -2.37. The van der Waals surface area contributed by atoms with Crippen molar-refractivity contribution in [3.8, 4) is 0 Å². The van der Waals surface area contributed by atoms with E-state index in [0.29, 0.717) is 0 Å². The molecule has 0 fully saturated rings. The van der Waals surface area contributed by atoms with Crippen LogP contribution in [0.3, 0.4) is 0 Å². The van der Waals surface area contributed by atoms with Crippen molar-refractivity contribution in [2.75, 3.05) is 0 Å². The first-order valence-corrected chi connectivity index (χ1v) is 5.53. The summed E-state index contributed by atoms with van der Waals surface area (Å²) in [6.45, 7) is 11.9. The first-order chi connectivity index (χ1) is 6.37. The second-order valence-corrected chi connectivity index (χ2v) is 5.38. The van der Waals surface area contributed by atoms with Crippen molar-refractivity contribution < 1.29 is 0 Å². The first kappa shape index (κ1) is 17.2. The molecule has 4 heteroatoms. The number of hydrogen-bond acceptors (Lipinski definition) is 4. The van der Waals surface area contributed by atoms with Crippen LogP contribution in [0, 0.1) is 5.41 Å². The number of nitrogens with two attached hydrogens (primary N) is 4. The molecule has 15 heavy (non-hydrogen) atoms. The SMILES string of the molecule is CCC(C)(C)C(C)(N)N.CCC(C)(N)N. The van der Waals surface area contributed by atoms with E-state index in [1.807, 2.05) is 13.8 Å². The van der Waals surface area contributed by atoms with E-state index in [2.05, 4.69) is 20.8 Å². The Morgan fingerprint density at radius 3 is 1.00 bits per heavy atom. The topological polar surface area (TPSA) is 104 Å². The normalized spacial score (nSPS) is 13.2.